The number of carboxylic acids is 1. The molecule has 0 saturated heterocycles. The lowest BCUT2D eigenvalue weighted by molar-refractivity contribution is -0.134. The van der Waals surface area contributed by atoms with Crippen molar-refractivity contribution in [2.75, 3.05) is 25.2 Å². The lowest BCUT2D eigenvalue weighted by Gasteiger charge is -2.10. The highest BCUT2D eigenvalue weighted by atomic mass is 32.2. The summed E-state index contributed by atoms with van der Waals surface area (Å²) in [6.07, 6.45) is 1.09. The van der Waals surface area contributed by atoms with Crippen LogP contribution in [0.25, 0.3) is 0 Å². The van der Waals surface area contributed by atoms with Gasteiger partial charge >= 0.3 is 5.97 Å². The van der Waals surface area contributed by atoms with Crippen molar-refractivity contribution in [1.82, 2.24) is 0 Å². The van der Waals surface area contributed by atoms with Gasteiger partial charge in [0.15, 0.2) is 9.84 Å². The molecule has 0 aromatic heterocycles. The first-order chi connectivity index (χ1) is 7.84. The Labute approximate surface area is 99.1 Å². The fourth-order valence-corrected chi connectivity index (χ4v) is 1.86. The van der Waals surface area contributed by atoms with Crippen molar-refractivity contribution in [2.24, 2.45) is 0 Å². The van der Waals surface area contributed by atoms with Crippen LogP contribution in [0.15, 0.2) is 23.1 Å². The number of methoxy groups -OCH3 is 1. The molecule has 0 spiro atoms. The minimum absolute atomic E-state index is 0.121. The molecule has 0 saturated carbocycles. The molecule has 1 rings (SSSR count). The van der Waals surface area contributed by atoms with Crippen molar-refractivity contribution >= 4 is 21.5 Å². The zero-order valence-corrected chi connectivity index (χ0v) is 10.2. The summed E-state index contributed by atoms with van der Waals surface area (Å²) in [6.45, 7) is -0.269. The van der Waals surface area contributed by atoms with Gasteiger partial charge in [-0.05, 0) is 12.1 Å². The maximum absolute atomic E-state index is 11.3. The Kier molecular flexibility index (Phi) is 3.95. The Bertz CT molecular complexity index is 523. The van der Waals surface area contributed by atoms with E-state index in [9.17, 15) is 13.2 Å². The van der Waals surface area contributed by atoms with Crippen LogP contribution < -0.4 is 10.1 Å². The van der Waals surface area contributed by atoms with Crippen LogP contribution in [0.4, 0.5) is 5.69 Å². The van der Waals surface area contributed by atoms with E-state index in [0.717, 1.165) is 6.26 Å². The molecule has 0 aliphatic heterocycles. The van der Waals surface area contributed by atoms with Gasteiger partial charge < -0.3 is 15.2 Å². The monoisotopic (exact) mass is 259 g/mol. The highest BCUT2D eigenvalue weighted by Gasteiger charge is 2.11. The number of carbonyl (C=O) groups is 1. The first-order valence-corrected chi connectivity index (χ1v) is 6.57. The van der Waals surface area contributed by atoms with Gasteiger partial charge in [-0.25, -0.2) is 8.42 Å². The van der Waals surface area contributed by atoms with Gasteiger partial charge in [-0.3, -0.25) is 4.79 Å². The van der Waals surface area contributed by atoms with Gasteiger partial charge in [-0.15, -0.1) is 0 Å². The van der Waals surface area contributed by atoms with Crippen LogP contribution in [-0.4, -0.2) is 39.4 Å². The molecule has 2 N–H and O–H groups in total. The Morgan fingerprint density at radius 1 is 1.47 bits per heavy atom. The van der Waals surface area contributed by atoms with Crippen molar-refractivity contribution in [3.05, 3.63) is 18.2 Å². The molecule has 1 aromatic rings. The lowest BCUT2D eigenvalue weighted by Crippen LogP contribution is -2.13. The summed E-state index contributed by atoms with van der Waals surface area (Å²) in [5, 5.41) is 11.1. The number of nitrogens with one attached hydrogen (secondary N) is 1. The summed E-state index contributed by atoms with van der Waals surface area (Å²) in [5.74, 6) is -0.728. The van der Waals surface area contributed by atoms with Crippen LogP contribution in [0, 0.1) is 0 Å². The average Bonchev–Trinajstić information content (AvgIpc) is 2.24. The third-order valence-corrected chi connectivity index (χ3v) is 3.14. The van der Waals surface area contributed by atoms with Gasteiger partial charge in [0, 0.05) is 12.3 Å². The molecule has 0 amide bonds. The van der Waals surface area contributed by atoms with E-state index in [2.05, 4.69) is 5.32 Å². The number of benzene rings is 1. The molecule has 0 aliphatic carbocycles. The van der Waals surface area contributed by atoms with Crippen molar-refractivity contribution < 1.29 is 23.1 Å². The molecule has 94 valence electrons. The van der Waals surface area contributed by atoms with E-state index in [1.165, 1.54) is 25.3 Å². The number of rotatable bonds is 5. The predicted molar refractivity (Wildman–Crippen MR) is 62.2 cm³/mol. The summed E-state index contributed by atoms with van der Waals surface area (Å²) in [4.78, 5) is 10.5. The molecule has 0 bridgehead atoms. The molecular weight excluding hydrogens is 246 g/mol. The van der Waals surface area contributed by atoms with Crippen LogP contribution in [0.2, 0.25) is 0 Å². The highest BCUT2D eigenvalue weighted by molar-refractivity contribution is 7.90. The highest BCUT2D eigenvalue weighted by Crippen LogP contribution is 2.27. The minimum atomic E-state index is -3.31. The lowest BCUT2D eigenvalue weighted by atomic mass is 10.3. The second kappa shape index (κ2) is 5.05. The first kappa shape index (κ1) is 13.3. The molecule has 1 aromatic carbocycles. The van der Waals surface area contributed by atoms with Gasteiger partial charge in [0.1, 0.15) is 12.3 Å². The van der Waals surface area contributed by atoms with Gasteiger partial charge in [0.2, 0.25) is 0 Å². The molecule has 0 heterocycles. The quantitative estimate of drug-likeness (QED) is 0.804. The number of hydrogen-bond donors (Lipinski definition) is 2. The molecule has 6 nitrogen and oxygen atoms in total. The van der Waals surface area contributed by atoms with E-state index in [-0.39, 0.29) is 17.2 Å². The topological polar surface area (TPSA) is 92.7 Å². The summed E-state index contributed by atoms with van der Waals surface area (Å²) in [7, 11) is -1.93. The van der Waals surface area contributed by atoms with Gasteiger partial charge in [-0.1, -0.05) is 0 Å². The zero-order valence-electron chi connectivity index (χ0n) is 9.43. The summed E-state index contributed by atoms with van der Waals surface area (Å²) >= 11 is 0. The van der Waals surface area contributed by atoms with Gasteiger partial charge in [0.05, 0.1) is 17.7 Å². The smallest absolute Gasteiger partial charge is 0.322 e. The van der Waals surface area contributed by atoms with E-state index >= 15 is 0 Å². The fraction of sp³-hybridized carbons (Fsp3) is 0.300. The minimum Gasteiger partial charge on any atom is -0.495 e. The first-order valence-electron chi connectivity index (χ1n) is 4.68. The number of aliphatic carboxylic acids is 1. The molecule has 7 heteroatoms. The largest absolute Gasteiger partial charge is 0.495 e. The van der Waals surface area contributed by atoms with Crippen LogP contribution in [-0.2, 0) is 14.6 Å². The Hall–Kier alpha value is -1.76. The standard InChI is InChI=1S/C10H13NO5S/c1-16-9-5-7(17(2,14)15)3-4-8(9)11-6-10(12)13/h3-5,11H,6H2,1-2H3,(H,12,13). The fourth-order valence-electron chi connectivity index (χ4n) is 1.22. The van der Waals surface area contributed by atoms with Crippen molar-refractivity contribution in [3.8, 4) is 5.75 Å². The SMILES string of the molecule is COc1cc(S(C)(=O)=O)ccc1NCC(=O)O. The number of sulfone groups is 1. The Balaban J connectivity index is 3.06. The number of hydrogen-bond acceptors (Lipinski definition) is 5. The Morgan fingerprint density at radius 2 is 2.12 bits per heavy atom. The zero-order chi connectivity index (χ0) is 13.1. The molecule has 0 radical (unpaired) electrons. The van der Waals surface area contributed by atoms with E-state index in [4.69, 9.17) is 9.84 Å². The molecular formula is C10H13NO5S. The van der Waals surface area contributed by atoms with Crippen molar-refractivity contribution in [3.63, 3.8) is 0 Å². The second-order valence-corrected chi connectivity index (χ2v) is 5.40. The molecule has 0 fully saturated rings. The summed E-state index contributed by atoms with van der Waals surface area (Å²) < 4.78 is 27.6. The van der Waals surface area contributed by atoms with Gasteiger partial charge in [0.25, 0.3) is 0 Å². The van der Waals surface area contributed by atoms with Crippen LogP contribution in [0.5, 0.6) is 5.75 Å². The number of anilines is 1. The Morgan fingerprint density at radius 3 is 2.59 bits per heavy atom. The van der Waals surface area contributed by atoms with E-state index < -0.39 is 15.8 Å². The van der Waals surface area contributed by atoms with Crippen LogP contribution in [0.1, 0.15) is 0 Å². The molecule has 0 aliphatic rings. The van der Waals surface area contributed by atoms with Crippen molar-refractivity contribution in [1.29, 1.82) is 0 Å². The van der Waals surface area contributed by atoms with E-state index in [1.807, 2.05) is 0 Å². The number of carboxylic acid groups (broad SMARTS) is 1. The van der Waals surface area contributed by atoms with E-state index in [1.54, 1.807) is 0 Å². The third-order valence-electron chi connectivity index (χ3n) is 2.03. The predicted octanol–water partition coefficient (Wildman–Crippen LogP) is 0.595. The van der Waals surface area contributed by atoms with E-state index in [0.29, 0.717) is 5.69 Å². The maximum atomic E-state index is 11.3. The number of ether oxygens (including phenoxy) is 1. The summed E-state index contributed by atoms with van der Waals surface area (Å²) in [6, 6.07) is 4.21. The second-order valence-electron chi connectivity index (χ2n) is 3.38. The maximum Gasteiger partial charge on any atom is 0.322 e. The van der Waals surface area contributed by atoms with Crippen LogP contribution in [0.3, 0.4) is 0 Å². The molecule has 0 unspecified atom stereocenters. The molecule has 0 atom stereocenters. The average molecular weight is 259 g/mol. The van der Waals surface area contributed by atoms with Gasteiger partial charge in [-0.2, -0.15) is 0 Å². The van der Waals surface area contributed by atoms with Crippen molar-refractivity contribution in [2.45, 2.75) is 4.90 Å². The third kappa shape index (κ3) is 3.63. The molecule has 17 heavy (non-hydrogen) atoms. The summed E-state index contributed by atoms with van der Waals surface area (Å²) in [5.41, 5.74) is 0.433. The normalized spacial score (nSPS) is 10.9. The van der Waals surface area contributed by atoms with Crippen LogP contribution >= 0.6 is 0 Å².